The molecular formula is C9H23Si2. The van der Waals surface area contributed by atoms with E-state index in [1.165, 1.54) is 18.1 Å². The molecule has 0 aromatic heterocycles. The minimum Gasteiger partial charge on any atom is -0.0696 e. The van der Waals surface area contributed by atoms with E-state index in [9.17, 15) is 0 Å². The third kappa shape index (κ3) is 4.80. The smallest absolute Gasteiger partial charge is 0.0445 e. The van der Waals surface area contributed by atoms with E-state index in [-0.39, 0.29) is 8.80 Å². The van der Waals surface area contributed by atoms with Gasteiger partial charge in [0.25, 0.3) is 0 Å². The zero-order valence-corrected chi connectivity index (χ0v) is 10.8. The van der Waals surface area contributed by atoms with Crippen LogP contribution in [0.25, 0.3) is 0 Å². The lowest BCUT2D eigenvalue weighted by Gasteiger charge is -2.24. The molecule has 0 saturated carbocycles. The predicted molar refractivity (Wildman–Crippen MR) is 59.5 cm³/mol. The second-order valence-corrected chi connectivity index (χ2v) is 13.5. The van der Waals surface area contributed by atoms with Gasteiger partial charge in [0.05, 0.1) is 0 Å². The average Bonchev–Trinajstić information content (AvgIpc) is 2.00. The van der Waals surface area contributed by atoms with Crippen molar-refractivity contribution >= 4 is 16.9 Å². The van der Waals surface area contributed by atoms with Crippen molar-refractivity contribution in [3.8, 4) is 0 Å². The van der Waals surface area contributed by atoms with Crippen molar-refractivity contribution in [3.05, 3.63) is 0 Å². The zero-order valence-electron chi connectivity index (χ0n) is 8.83. The van der Waals surface area contributed by atoms with E-state index >= 15 is 0 Å². The fourth-order valence-corrected chi connectivity index (χ4v) is 10.2. The lowest BCUT2D eigenvalue weighted by molar-refractivity contribution is 1.26. The molecule has 0 spiro atoms. The summed E-state index contributed by atoms with van der Waals surface area (Å²) in [6.07, 6.45) is 0. The molecule has 0 aromatic rings. The molecule has 0 bridgehead atoms. The summed E-state index contributed by atoms with van der Waals surface area (Å²) in [4.78, 5) is 0. The van der Waals surface area contributed by atoms with Gasteiger partial charge < -0.3 is 0 Å². The molecule has 0 aliphatic rings. The van der Waals surface area contributed by atoms with Crippen molar-refractivity contribution in [2.24, 2.45) is 0 Å². The zero-order chi connectivity index (χ0) is 8.91. The van der Waals surface area contributed by atoms with Crippen molar-refractivity contribution in [3.63, 3.8) is 0 Å². The Labute approximate surface area is 75.0 Å². The van der Waals surface area contributed by atoms with E-state index in [1.807, 2.05) is 0 Å². The molecule has 1 radical (unpaired) electrons. The van der Waals surface area contributed by atoms with Crippen LogP contribution < -0.4 is 0 Å². The molecule has 0 aromatic carbocycles. The first-order chi connectivity index (χ1) is 5.05. The second-order valence-electron chi connectivity index (χ2n) is 4.15. The van der Waals surface area contributed by atoms with E-state index < -0.39 is 8.07 Å². The summed E-state index contributed by atoms with van der Waals surface area (Å²) >= 11 is 0. The first kappa shape index (κ1) is 11.4. The highest BCUT2D eigenvalue weighted by molar-refractivity contribution is 6.88. The molecular weight excluding hydrogens is 164 g/mol. The van der Waals surface area contributed by atoms with Crippen LogP contribution >= 0.6 is 0 Å². The summed E-state index contributed by atoms with van der Waals surface area (Å²) in [6, 6.07) is 4.44. The standard InChI is InChI=1S/C9H23Si2/c1-6-10(7-2)9-11(4,5)8-3/h6-9H2,1-5H3. The Bertz CT molecular complexity index is 95.7. The minimum atomic E-state index is -0.737. The molecule has 11 heavy (non-hydrogen) atoms. The van der Waals surface area contributed by atoms with Crippen LogP contribution in [0.5, 0.6) is 0 Å². The van der Waals surface area contributed by atoms with Gasteiger partial charge in [0, 0.05) is 16.9 Å². The molecule has 0 aliphatic carbocycles. The maximum absolute atomic E-state index is 2.54. The van der Waals surface area contributed by atoms with E-state index in [4.69, 9.17) is 0 Å². The molecule has 0 saturated heterocycles. The largest absolute Gasteiger partial charge is 0.0696 e. The van der Waals surface area contributed by atoms with Crippen molar-refractivity contribution in [1.29, 1.82) is 0 Å². The van der Waals surface area contributed by atoms with Gasteiger partial charge in [-0.3, -0.25) is 0 Å². The van der Waals surface area contributed by atoms with E-state index in [0.29, 0.717) is 0 Å². The lowest BCUT2D eigenvalue weighted by atomic mass is 10.9. The number of rotatable bonds is 5. The van der Waals surface area contributed by atoms with Gasteiger partial charge in [-0.05, 0) is 0 Å². The van der Waals surface area contributed by atoms with Gasteiger partial charge in [-0.15, -0.1) is 0 Å². The molecule has 0 nitrogen and oxygen atoms in total. The summed E-state index contributed by atoms with van der Waals surface area (Å²) in [6.45, 7) is 12.2. The Morgan fingerprint density at radius 2 is 1.45 bits per heavy atom. The number of hydrogen-bond acceptors (Lipinski definition) is 0. The van der Waals surface area contributed by atoms with E-state index in [2.05, 4.69) is 33.9 Å². The van der Waals surface area contributed by atoms with Gasteiger partial charge in [-0.25, -0.2) is 0 Å². The summed E-state index contributed by atoms with van der Waals surface area (Å²) in [5.74, 6) is 0. The molecule has 2 heteroatoms. The van der Waals surface area contributed by atoms with Gasteiger partial charge >= 0.3 is 0 Å². The Hall–Kier alpha value is 0.434. The maximum atomic E-state index is 2.54. The Morgan fingerprint density at radius 3 is 1.73 bits per heavy atom. The minimum absolute atomic E-state index is 0.0693. The van der Waals surface area contributed by atoms with Crippen LogP contribution in [0.1, 0.15) is 20.8 Å². The summed E-state index contributed by atoms with van der Waals surface area (Å²) in [5.41, 5.74) is 1.64. The van der Waals surface area contributed by atoms with Crippen LogP contribution in [0, 0.1) is 0 Å². The normalized spacial score (nSPS) is 12.5. The van der Waals surface area contributed by atoms with Crippen LogP contribution in [-0.2, 0) is 0 Å². The van der Waals surface area contributed by atoms with Crippen molar-refractivity contribution < 1.29 is 0 Å². The van der Waals surface area contributed by atoms with Gasteiger partial charge in [-0.1, -0.05) is 57.7 Å². The van der Waals surface area contributed by atoms with Gasteiger partial charge in [0.1, 0.15) is 0 Å². The average molecular weight is 187 g/mol. The predicted octanol–water partition coefficient (Wildman–Crippen LogP) is 3.79. The maximum Gasteiger partial charge on any atom is 0.0445 e. The van der Waals surface area contributed by atoms with Gasteiger partial charge in [0.15, 0.2) is 0 Å². The van der Waals surface area contributed by atoms with Crippen molar-refractivity contribution in [2.75, 3.05) is 0 Å². The molecule has 0 heterocycles. The first-order valence-electron chi connectivity index (χ1n) is 4.89. The van der Waals surface area contributed by atoms with Crippen LogP contribution in [-0.4, -0.2) is 16.9 Å². The molecule has 0 N–H and O–H groups in total. The Balaban J connectivity index is 3.79. The Morgan fingerprint density at radius 1 is 1.00 bits per heavy atom. The molecule has 67 valence electrons. The highest BCUT2D eigenvalue weighted by Gasteiger charge is 2.22. The fraction of sp³-hybridized carbons (Fsp3) is 1.00. The van der Waals surface area contributed by atoms with Crippen LogP contribution in [0.2, 0.25) is 36.9 Å². The second kappa shape index (κ2) is 5.15. The molecule has 0 amide bonds. The number of hydrogen-bond donors (Lipinski definition) is 0. The molecule has 0 atom stereocenters. The molecule has 0 aliphatic heterocycles. The molecule has 0 fully saturated rings. The van der Waals surface area contributed by atoms with E-state index in [0.717, 1.165) is 0 Å². The fourth-order valence-electron chi connectivity index (χ4n) is 1.30. The summed E-state index contributed by atoms with van der Waals surface area (Å²) in [7, 11) is -0.668. The van der Waals surface area contributed by atoms with Crippen LogP contribution in [0.4, 0.5) is 0 Å². The lowest BCUT2D eigenvalue weighted by Crippen LogP contribution is -2.31. The third-order valence-electron chi connectivity index (χ3n) is 2.69. The highest BCUT2D eigenvalue weighted by atomic mass is 28.4. The van der Waals surface area contributed by atoms with Gasteiger partial charge in [0.2, 0.25) is 0 Å². The SMILES string of the molecule is CC[Si](CC)C[Si](C)(C)CC. The first-order valence-corrected chi connectivity index (χ1v) is 10.4. The topological polar surface area (TPSA) is 0 Å². The monoisotopic (exact) mass is 187 g/mol. The van der Waals surface area contributed by atoms with Crippen molar-refractivity contribution in [2.45, 2.75) is 57.7 Å². The Kier molecular flexibility index (Phi) is 5.35. The van der Waals surface area contributed by atoms with Gasteiger partial charge in [-0.2, -0.15) is 0 Å². The summed E-state index contributed by atoms with van der Waals surface area (Å²) in [5, 5.41) is 0. The third-order valence-corrected chi connectivity index (χ3v) is 12.4. The summed E-state index contributed by atoms with van der Waals surface area (Å²) < 4.78 is 0. The van der Waals surface area contributed by atoms with Crippen molar-refractivity contribution in [1.82, 2.24) is 0 Å². The molecule has 0 unspecified atom stereocenters. The highest BCUT2D eigenvalue weighted by Crippen LogP contribution is 2.19. The quantitative estimate of drug-likeness (QED) is 0.575. The molecule has 0 rings (SSSR count). The van der Waals surface area contributed by atoms with E-state index in [1.54, 1.807) is 5.67 Å². The van der Waals surface area contributed by atoms with Crippen LogP contribution in [0.15, 0.2) is 0 Å². The van der Waals surface area contributed by atoms with Crippen LogP contribution in [0.3, 0.4) is 0 Å².